The molecule has 4 nitrogen and oxygen atoms in total. The number of benzene rings is 1. The number of hydrogen-bond acceptors (Lipinski definition) is 3. The lowest BCUT2D eigenvalue weighted by Crippen LogP contribution is -2.23. The second kappa shape index (κ2) is 6.35. The lowest BCUT2D eigenvalue weighted by Gasteiger charge is -2.28. The summed E-state index contributed by atoms with van der Waals surface area (Å²) in [6.07, 6.45) is 0.712. The van der Waals surface area contributed by atoms with Crippen molar-refractivity contribution in [3.63, 3.8) is 0 Å². The lowest BCUT2D eigenvalue weighted by atomic mass is 9.78. The van der Waals surface area contributed by atoms with Crippen LogP contribution in [0, 0.1) is 0 Å². The van der Waals surface area contributed by atoms with E-state index in [0.717, 1.165) is 11.1 Å². The summed E-state index contributed by atoms with van der Waals surface area (Å²) in [6.45, 7) is 5.75. The van der Waals surface area contributed by atoms with E-state index < -0.39 is 11.4 Å². The minimum absolute atomic E-state index is 0.0197. The smallest absolute Gasteiger partial charge is 0.304 e. The van der Waals surface area contributed by atoms with Crippen LogP contribution in [0.25, 0.3) is 0 Å². The molecule has 0 bridgehead atoms. The predicted molar refractivity (Wildman–Crippen MR) is 79.2 cm³/mol. The highest BCUT2D eigenvalue weighted by Gasteiger charge is 2.30. The highest BCUT2D eigenvalue weighted by Crippen LogP contribution is 2.44. The van der Waals surface area contributed by atoms with E-state index in [2.05, 4.69) is 0 Å². The van der Waals surface area contributed by atoms with Gasteiger partial charge in [0.05, 0.1) is 25.7 Å². The van der Waals surface area contributed by atoms with Gasteiger partial charge in [-0.15, -0.1) is 0 Å². The maximum absolute atomic E-state index is 11.1. The van der Waals surface area contributed by atoms with E-state index in [1.54, 1.807) is 0 Å². The summed E-state index contributed by atoms with van der Waals surface area (Å²) in [5.74, 6) is 0.159. The second-order valence-corrected chi connectivity index (χ2v) is 5.64. The van der Waals surface area contributed by atoms with Gasteiger partial charge in [0.15, 0.2) is 11.5 Å². The Morgan fingerprint density at radius 1 is 1.35 bits per heavy atom. The van der Waals surface area contributed by atoms with Crippen molar-refractivity contribution >= 4 is 17.6 Å². The van der Waals surface area contributed by atoms with E-state index in [4.69, 9.17) is 26.2 Å². The molecule has 0 heterocycles. The number of rotatable bonds is 6. The fourth-order valence-electron chi connectivity index (χ4n) is 2.41. The Bertz CT molecular complexity index is 509. The molecule has 0 saturated carbocycles. The molecule has 1 rings (SSSR count). The number of carbonyl (C=O) groups is 1. The molecule has 0 aliphatic rings. The summed E-state index contributed by atoms with van der Waals surface area (Å²) in [5, 5.41) is 9.57. The number of aliphatic carboxylic acids is 1. The third kappa shape index (κ3) is 3.18. The fraction of sp³-hybridized carbons (Fsp3) is 0.533. The van der Waals surface area contributed by atoms with Gasteiger partial charge in [0.25, 0.3) is 0 Å². The van der Waals surface area contributed by atoms with E-state index >= 15 is 0 Å². The lowest BCUT2D eigenvalue weighted by molar-refractivity contribution is -0.138. The molecule has 0 radical (unpaired) electrons. The maximum atomic E-state index is 11.1. The van der Waals surface area contributed by atoms with Crippen molar-refractivity contribution in [2.24, 2.45) is 0 Å². The minimum Gasteiger partial charge on any atom is -0.493 e. The Kier molecular flexibility index (Phi) is 5.28. The quantitative estimate of drug-likeness (QED) is 0.871. The Morgan fingerprint density at radius 3 is 2.35 bits per heavy atom. The molecule has 5 heteroatoms. The van der Waals surface area contributed by atoms with E-state index in [1.807, 2.05) is 26.8 Å². The molecule has 0 aliphatic carbocycles. The average Bonchev–Trinajstić information content (AvgIpc) is 2.35. The molecule has 1 N–H and O–H groups in total. The molecule has 0 amide bonds. The summed E-state index contributed by atoms with van der Waals surface area (Å²) >= 11 is 6.39. The van der Waals surface area contributed by atoms with Crippen LogP contribution in [0.1, 0.15) is 38.3 Å². The molecule has 0 fully saturated rings. The zero-order valence-corrected chi connectivity index (χ0v) is 13.3. The van der Waals surface area contributed by atoms with Gasteiger partial charge in [-0.2, -0.15) is 0 Å². The number of hydrogen-bond donors (Lipinski definition) is 1. The summed E-state index contributed by atoms with van der Waals surface area (Å²) in [5.41, 5.74) is 1.24. The molecule has 0 spiro atoms. The monoisotopic (exact) mass is 300 g/mol. The Balaban J connectivity index is 3.53. The Hall–Kier alpha value is -1.42. The fourth-order valence-corrected chi connectivity index (χ4v) is 2.82. The third-order valence-electron chi connectivity index (χ3n) is 3.39. The van der Waals surface area contributed by atoms with Crippen LogP contribution in [0.3, 0.4) is 0 Å². The molecule has 0 aromatic heterocycles. The SMILES string of the molecule is CCc1c(C(C)(C)CC(=O)O)cc(OC)c(OC)c1Cl. The van der Waals surface area contributed by atoms with Gasteiger partial charge >= 0.3 is 5.97 Å². The standard InChI is InChI=1S/C15H21ClO4/c1-6-9-10(15(2,3)8-12(17)18)7-11(19-4)14(20-5)13(9)16/h7H,6,8H2,1-5H3,(H,17,18). The molecule has 0 unspecified atom stereocenters. The van der Waals surface area contributed by atoms with Crippen LogP contribution >= 0.6 is 11.6 Å². The van der Waals surface area contributed by atoms with Crippen molar-refractivity contribution in [1.82, 2.24) is 0 Å². The zero-order valence-electron chi connectivity index (χ0n) is 12.5. The minimum atomic E-state index is -0.844. The largest absolute Gasteiger partial charge is 0.493 e. The van der Waals surface area contributed by atoms with E-state index in [9.17, 15) is 4.79 Å². The van der Waals surface area contributed by atoms with E-state index in [1.165, 1.54) is 14.2 Å². The third-order valence-corrected chi connectivity index (χ3v) is 3.79. The summed E-state index contributed by atoms with van der Waals surface area (Å²) < 4.78 is 10.6. The number of carboxylic acids is 1. The summed E-state index contributed by atoms with van der Waals surface area (Å²) in [6, 6.07) is 1.83. The van der Waals surface area contributed by atoms with Gasteiger partial charge in [-0.25, -0.2) is 0 Å². The van der Waals surface area contributed by atoms with Crippen molar-refractivity contribution in [1.29, 1.82) is 0 Å². The summed E-state index contributed by atoms with van der Waals surface area (Å²) in [7, 11) is 3.07. The zero-order chi connectivity index (χ0) is 15.5. The van der Waals surface area contributed by atoms with Crippen LogP contribution < -0.4 is 9.47 Å². The summed E-state index contributed by atoms with van der Waals surface area (Å²) in [4.78, 5) is 11.1. The topological polar surface area (TPSA) is 55.8 Å². The van der Waals surface area contributed by atoms with Gasteiger partial charge in [-0.1, -0.05) is 32.4 Å². The molecular weight excluding hydrogens is 280 g/mol. The van der Waals surface area contributed by atoms with Crippen molar-refractivity contribution in [3.8, 4) is 11.5 Å². The number of halogens is 1. The van der Waals surface area contributed by atoms with Crippen LogP contribution in [-0.4, -0.2) is 25.3 Å². The number of ether oxygens (including phenoxy) is 2. The van der Waals surface area contributed by atoms with Crippen LogP contribution in [0.15, 0.2) is 6.07 Å². The highest BCUT2D eigenvalue weighted by molar-refractivity contribution is 6.33. The van der Waals surface area contributed by atoms with Crippen LogP contribution in [0.2, 0.25) is 5.02 Å². The first-order valence-electron chi connectivity index (χ1n) is 6.44. The molecule has 20 heavy (non-hydrogen) atoms. The molecule has 0 aliphatic heterocycles. The second-order valence-electron chi connectivity index (χ2n) is 5.26. The Morgan fingerprint density at radius 2 is 1.95 bits per heavy atom. The van der Waals surface area contributed by atoms with Crippen molar-refractivity contribution < 1.29 is 19.4 Å². The molecule has 1 aromatic carbocycles. The van der Waals surface area contributed by atoms with Crippen molar-refractivity contribution in [3.05, 3.63) is 22.2 Å². The van der Waals surface area contributed by atoms with Crippen LogP contribution in [-0.2, 0) is 16.6 Å². The van der Waals surface area contributed by atoms with Crippen LogP contribution in [0.5, 0.6) is 11.5 Å². The van der Waals surface area contributed by atoms with Gasteiger partial charge < -0.3 is 14.6 Å². The van der Waals surface area contributed by atoms with Crippen LogP contribution in [0.4, 0.5) is 0 Å². The number of methoxy groups -OCH3 is 2. The Labute approximate surface area is 124 Å². The van der Waals surface area contributed by atoms with Gasteiger partial charge in [-0.3, -0.25) is 4.79 Å². The first kappa shape index (κ1) is 16.6. The van der Waals surface area contributed by atoms with Gasteiger partial charge in [-0.05, 0) is 23.6 Å². The van der Waals surface area contributed by atoms with E-state index in [0.29, 0.717) is 22.9 Å². The molecule has 0 atom stereocenters. The predicted octanol–water partition coefficient (Wildman–Crippen LogP) is 3.67. The highest BCUT2D eigenvalue weighted by atomic mass is 35.5. The van der Waals surface area contributed by atoms with Gasteiger partial charge in [0, 0.05) is 5.41 Å². The first-order chi connectivity index (χ1) is 9.28. The molecular formula is C15H21ClO4. The van der Waals surface area contributed by atoms with Gasteiger partial charge in [0.1, 0.15) is 0 Å². The molecule has 0 saturated heterocycles. The maximum Gasteiger partial charge on any atom is 0.304 e. The average molecular weight is 301 g/mol. The first-order valence-corrected chi connectivity index (χ1v) is 6.81. The van der Waals surface area contributed by atoms with Crippen molar-refractivity contribution in [2.75, 3.05) is 14.2 Å². The van der Waals surface area contributed by atoms with E-state index in [-0.39, 0.29) is 6.42 Å². The van der Waals surface area contributed by atoms with Gasteiger partial charge in [0.2, 0.25) is 0 Å². The number of carboxylic acid groups (broad SMARTS) is 1. The molecule has 112 valence electrons. The molecule has 1 aromatic rings. The van der Waals surface area contributed by atoms with Crippen molar-refractivity contribution in [2.45, 2.75) is 39.0 Å². The normalized spacial score (nSPS) is 11.3.